The molecule has 1 atom stereocenters. The van der Waals surface area contributed by atoms with Gasteiger partial charge in [0.15, 0.2) is 0 Å². The molecule has 1 rings (SSSR count). The van der Waals surface area contributed by atoms with E-state index in [0.29, 0.717) is 5.92 Å². The van der Waals surface area contributed by atoms with Crippen LogP contribution in [0.3, 0.4) is 0 Å². The minimum atomic E-state index is 0.277. The van der Waals surface area contributed by atoms with Crippen LogP contribution in [0.5, 0.6) is 0 Å². The molecule has 0 aliphatic heterocycles. The van der Waals surface area contributed by atoms with Crippen LogP contribution in [0.2, 0.25) is 0 Å². The minimum absolute atomic E-state index is 0.277. The number of aryl methyl sites for hydroxylation is 1. The maximum absolute atomic E-state index is 5.99. The highest BCUT2D eigenvalue weighted by Gasteiger charge is 2.24. The van der Waals surface area contributed by atoms with E-state index < -0.39 is 0 Å². The van der Waals surface area contributed by atoms with E-state index in [1.807, 2.05) is 13.1 Å². The second-order valence-electron chi connectivity index (χ2n) is 4.77. The summed E-state index contributed by atoms with van der Waals surface area (Å²) in [4.78, 5) is 5.61. The van der Waals surface area contributed by atoms with Crippen LogP contribution in [0.15, 0.2) is 6.20 Å². The van der Waals surface area contributed by atoms with Crippen molar-refractivity contribution in [2.24, 2.45) is 11.3 Å². The number of rotatable bonds is 3. The number of halogens is 1. The summed E-state index contributed by atoms with van der Waals surface area (Å²) in [5.74, 6) is 1.25. The van der Waals surface area contributed by atoms with Gasteiger partial charge in [-0.2, -0.15) is 0 Å². The highest BCUT2D eigenvalue weighted by Crippen LogP contribution is 2.31. The third-order valence-electron chi connectivity index (χ3n) is 2.53. The summed E-state index contributed by atoms with van der Waals surface area (Å²) in [6.45, 7) is 8.77. The topological polar surface area (TPSA) is 12.9 Å². The van der Waals surface area contributed by atoms with Crippen LogP contribution in [0.1, 0.15) is 30.7 Å². The van der Waals surface area contributed by atoms with Gasteiger partial charge in [0.05, 0.1) is 5.01 Å². The average Bonchev–Trinajstić information content (AvgIpc) is 2.45. The molecule has 14 heavy (non-hydrogen) atoms. The molecule has 0 radical (unpaired) electrons. The van der Waals surface area contributed by atoms with Crippen molar-refractivity contribution in [2.75, 3.05) is 5.88 Å². The fourth-order valence-corrected chi connectivity index (χ4v) is 2.78. The normalized spacial score (nSPS) is 14.4. The van der Waals surface area contributed by atoms with Gasteiger partial charge in [-0.1, -0.05) is 20.8 Å². The maximum atomic E-state index is 5.99. The van der Waals surface area contributed by atoms with Crippen molar-refractivity contribution < 1.29 is 0 Å². The molecule has 1 aromatic heterocycles. The molecule has 0 saturated heterocycles. The van der Waals surface area contributed by atoms with Gasteiger partial charge in [-0.05, 0) is 24.7 Å². The third-order valence-corrected chi connectivity index (χ3v) is 3.84. The molecule has 0 saturated carbocycles. The van der Waals surface area contributed by atoms with Gasteiger partial charge < -0.3 is 0 Å². The largest absolute Gasteiger partial charge is 0.250 e. The van der Waals surface area contributed by atoms with E-state index in [4.69, 9.17) is 11.6 Å². The standard InChI is InChI=1S/C11H18ClNS/c1-8-13-7-10(14-8)5-9(6-12)11(2,3)4/h7,9H,5-6H2,1-4H3. The molecule has 1 aromatic rings. The SMILES string of the molecule is Cc1ncc(CC(CCl)C(C)(C)C)s1. The van der Waals surface area contributed by atoms with Crippen LogP contribution in [0, 0.1) is 18.3 Å². The van der Waals surface area contributed by atoms with Gasteiger partial charge in [-0.15, -0.1) is 22.9 Å². The Morgan fingerprint density at radius 3 is 2.50 bits per heavy atom. The molecule has 0 N–H and O–H groups in total. The van der Waals surface area contributed by atoms with E-state index >= 15 is 0 Å². The van der Waals surface area contributed by atoms with Gasteiger partial charge in [0.2, 0.25) is 0 Å². The zero-order valence-electron chi connectivity index (χ0n) is 9.30. The van der Waals surface area contributed by atoms with Crippen molar-refractivity contribution in [1.29, 1.82) is 0 Å². The number of hydrogen-bond acceptors (Lipinski definition) is 2. The first-order chi connectivity index (χ1) is 6.43. The first kappa shape index (κ1) is 12.0. The maximum Gasteiger partial charge on any atom is 0.0896 e. The molecule has 3 heteroatoms. The second-order valence-corrected chi connectivity index (χ2v) is 6.39. The number of thiazole rings is 1. The zero-order valence-corrected chi connectivity index (χ0v) is 10.9. The molecule has 1 heterocycles. The van der Waals surface area contributed by atoms with Gasteiger partial charge in [0.25, 0.3) is 0 Å². The second kappa shape index (κ2) is 4.63. The van der Waals surface area contributed by atoms with E-state index in [-0.39, 0.29) is 5.41 Å². The quantitative estimate of drug-likeness (QED) is 0.720. The number of aromatic nitrogens is 1. The molecule has 1 unspecified atom stereocenters. The molecule has 0 spiro atoms. The van der Waals surface area contributed by atoms with Gasteiger partial charge in [0, 0.05) is 17.0 Å². The van der Waals surface area contributed by atoms with E-state index in [1.165, 1.54) is 4.88 Å². The fourth-order valence-electron chi connectivity index (χ4n) is 1.33. The lowest BCUT2D eigenvalue weighted by atomic mass is 9.80. The molecular weight excluding hydrogens is 214 g/mol. The Balaban J connectivity index is 2.66. The minimum Gasteiger partial charge on any atom is -0.250 e. The fraction of sp³-hybridized carbons (Fsp3) is 0.727. The molecule has 0 bridgehead atoms. The summed E-state index contributed by atoms with van der Waals surface area (Å²) in [5.41, 5.74) is 0.277. The summed E-state index contributed by atoms with van der Waals surface area (Å²) >= 11 is 7.77. The average molecular weight is 232 g/mol. The summed E-state index contributed by atoms with van der Waals surface area (Å²) in [5, 5.41) is 1.14. The van der Waals surface area contributed by atoms with Crippen molar-refractivity contribution in [3.05, 3.63) is 16.1 Å². The van der Waals surface area contributed by atoms with Gasteiger partial charge in [-0.3, -0.25) is 0 Å². The van der Waals surface area contributed by atoms with Gasteiger partial charge in [-0.25, -0.2) is 4.98 Å². The van der Waals surface area contributed by atoms with E-state index in [2.05, 4.69) is 25.8 Å². The highest BCUT2D eigenvalue weighted by atomic mass is 35.5. The summed E-state index contributed by atoms with van der Waals surface area (Å²) < 4.78 is 0. The highest BCUT2D eigenvalue weighted by molar-refractivity contribution is 7.11. The van der Waals surface area contributed by atoms with E-state index in [1.54, 1.807) is 11.3 Å². The van der Waals surface area contributed by atoms with Crippen molar-refractivity contribution in [3.8, 4) is 0 Å². The van der Waals surface area contributed by atoms with Crippen molar-refractivity contribution in [3.63, 3.8) is 0 Å². The van der Waals surface area contributed by atoms with Gasteiger partial charge in [0.1, 0.15) is 0 Å². The first-order valence-corrected chi connectivity index (χ1v) is 6.26. The molecule has 0 aliphatic carbocycles. The Morgan fingerprint density at radius 2 is 2.14 bits per heavy atom. The first-order valence-electron chi connectivity index (χ1n) is 4.90. The monoisotopic (exact) mass is 231 g/mol. The molecule has 0 aliphatic rings. The van der Waals surface area contributed by atoms with Crippen molar-refractivity contribution >= 4 is 22.9 Å². The van der Waals surface area contributed by atoms with Gasteiger partial charge >= 0.3 is 0 Å². The molecule has 80 valence electrons. The predicted octanol–water partition coefficient (Wildman–Crippen LogP) is 3.90. The Bertz CT molecular complexity index is 288. The molecule has 0 amide bonds. The molecule has 0 aromatic carbocycles. The van der Waals surface area contributed by atoms with Crippen LogP contribution in [0.4, 0.5) is 0 Å². The lowest BCUT2D eigenvalue weighted by Gasteiger charge is -2.28. The Morgan fingerprint density at radius 1 is 1.50 bits per heavy atom. The smallest absolute Gasteiger partial charge is 0.0896 e. The Kier molecular flexibility index (Phi) is 3.96. The summed E-state index contributed by atoms with van der Waals surface area (Å²) in [6, 6.07) is 0. The predicted molar refractivity (Wildman–Crippen MR) is 64.2 cm³/mol. The van der Waals surface area contributed by atoms with Crippen LogP contribution in [-0.2, 0) is 6.42 Å². The van der Waals surface area contributed by atoms with Crippen LogP contribution in [0.25, 0.3) is 0 Å². The molecule has 1 nitrogen and oxygen atoms in total. The van der Waals surface area contributed by atoms with E-state index in [9.17, 15) is 0 Å². The summed E-state index contributed by atoms with van der Waals surface area (Å²) in [7, 11) is 0. The number of hydrogen-bond donors (Lipinski definition) is 0. The van der Waals surface area contributed by atoms with Crippen molar-refractivity contribution in [2.45, 2.75) is 34.1 Å². The lowest BCUT2D eigenvalue weighted by molar-refractivity contribution is 0.265. The summed E-state index contributed by atoms with van der Waals surface area (Å²) in [6.07, 6.45) is 3.03. The van der Waals surface area contributed by atoms with Crippen LogP contribution >= 0.6 is 22.9 Å². The van der Waals surface area contributed by atoms with E-state index in [0.717, 1.165) is 17.3 Å². The molecular formula is C11H18ClNS. The zero-order chi connectivity index (χ0) is 10.8. The third kappa shape index (κ3) is 3.25. The lowest BCUT2D eigenvalue weighted by Crippen LogP contribution is -2.23. The molecule has 0 fully saturated rings. The van der Waals surface area contributed by atoms with Crippen LogP contribution < -0.4 is 0 Å². The van der Waals surface area contributed by atoms with Crippen LogP contribution in [-0.4, -0.2) is 10.9 Å². The number of alkyl halides is 1. The Labute approximate surface area is 95.5 Å². The van der Waals surface area contributed by atoms with Crippen molar-refractivity contribution in [1.82, 2.24) is 4.98 Å². The Hall–Kier alpha value is -0.0800. The number of nitrogens with zero attached hydrogens (tertiary/aromatic N) is 1.